The molecule has 1 rings (SSSR count). The third-order valence-electron chi connectivity index (χ3n) is 3.29. The molecule has 0 unspecified atom stereocenters. The van der Waals surface area contributed by atoms with Crippen LogP contribution in [0, 0.1) is 5.92 Å². The minimum atomic E-state index is 0.786. The summed E-state index contributed by atoms with van der Waals surface area (Å²) in [5.41, 5.74) is 2.71. The average molecular weight is 263 g/mol. The zero-order valence-corrected chi connectivity index (χ0v) is 13.0. The van der Waals surface area contributed by atoms with Crippen LogP contribution in [0.1, 0.15) is 65.5 Å². The van der Waals surface area contributed by atoms with Crippen LogP contribution in [-0.2, 0) is 13.0 Å². The van der Waals surface area contributed by atoms with Gasteiger partial charge in [-0.3, -0.25) is 0 Å². The van der Waals surface area contributed by atoms with E-state index in [1.165, 1.54) is 43.4 Å². The van der Waals surface area contributed by atoms with Crippen LogP contribution in [0.3, 0.4) is 0 Å². The number of hydrogen-bond donors (Lipinski definition) is 0. The highest BCUT2D eigenvalue weighted by molar-refractivity contribution is 4.94. The van der Waals surface area contributed by atoms with E-state index in [9.17, 15) is 0 Å². The molecule has 0 atom stereocenters. The Kier molecular flexibility index (Phi) is 7.46. The third-order valence-corrected chi connectivity index (χ3v) is 3.29. The van der Waals surface area contributed by atoms with Crippen LogP contribution >= 0.6 is 0 Å². The summed E-state index contributed by atoms with van der Waals surface area (Å²) in [4.78, 5) is 0. The van der Waals surface area contributed by atoms with Crippen LogP contribution in [0.4, 0.5) is 0 Å². The third kappa shape index (κ3) is 7.14. The molecule has 1 aromatic heterocycles. The van der Waals surface area contributed by atoms with Crippen molar-refractivity contribution in [1.82, 2.24) is 15.0 Å². The summed E-state index contributed by atoms with van der Waals surface area (Å²) >= 11 is 0. The maximum absolute atomic E-state index is 4.20. The highest BCUT2D eigenvalue weighted by Gasteiger charge is 2.04. The molecule has 0 bridgehead atoms. The van der Waals surface area contributed by atoms with Crippen LogP contribution in [0.15, 0.2) is 17.8 Å². The van der Waals surface area contributed by atoms with Crippen LogP contribution in [-0.4, -0.2) is 15.0 Å². The van der Waals surface area contributed by atoms with Crippen molar-refractivity contribution in [3.63, 3.8) is 0 Å². The van der Waals surface area contributed by atoms with Crippen molar-refractivity contribution in [2.75, 3.05) is 0 Å². The van der Waals surface area contributed by atoms with E-state index in [2.05, 4.69) is 48.8 Å². The summed E-state index contributed by atoms with van der Waals surface area (Å²) in [7, 11) is 0. The smallest absolute Gasteiger partial charge is 0.0725 e. The lowest BCUT2D eigenvalue weighted by Crippen LogP contribution is -2.06. The van der Waals surface area contributed by atoms with Gasteiger partial charge in [0, 0.05) is 6.54 Å². The summed E-state index contributed by atoms with van der Waals surface area (Å²) in [5.74, 6) is 0.786. The summed E-state index contributed by atoms with van der Waals surface area (Å²) < 4.78 is 2.09. The first-order valence-corrected chi connectivity index (χ1v) is 7.60. The Bertz CT molecular complexity index is 373. The van der Waals surface area contributed by atoms with Gasteiger partial charge < -0.3 is 0 Å². The van der Waals surface area contributed by atoms with Gasteiger partial charge >= 0.3 is 0 Å². The molecule has 1 heterocycles. The normalized spacial score (nSPS) is 11.0. The number of unbranched alkanes of at least 4 members (excludes halogenated alkanes) is 2. The second kappa shape index (κ2) is 8.89. The predicted molar refractivity (Wildman–Crippen MR) is 81.1 cm³/mol. The van der Waals surface area contributed by atoms with E-state index in [1.807, 2.05) is 6.20 Å². The van der Waals surface area contributed by atoms with Crippen LogP contribution in [0.25, 0.3) is 0 Å². The molecule has 0 aliphatic carbocycles. The topological polar surface area (TPSA) is 30.7 Å². The molecule has 19 heavy (non-hydrogen) atoms. The number of allylic oxidation sites excluding steroid dienone is 2. The maximum atomic E-state index is 4.20. The van der Waals surface area contributed by atoms with Gasteiger partial charge in [0.05, 0.1) is 11.9 Å². The van der Waals surface area contributed by atoms with Crippen molar-refractivity contribution >= 4 is 0 Å². The predicted octanol–water partition coefficient (Wildman–Crippen LogP) is 4.39. The van der Waals surface area contributed by atoms with E-state index in [0.29, 0.717) is 0 Å². The van der Waals surface area contributed by atoms with Crippen LogP contribution in [0.5, 0.6) is 0 Å². The van der Waals surface area contributed by atoms with Gasteiger partial charge in [-0.25, -0.2) is 4.68 Å². The molecule has 0 N–H and O–H groups in total. The highest BCUT2D eigenvalue weighted by atomic mass is 15.4. The molecule has 0 saturated heterocycles. The molecule has 108 valence electrons. The molecule has 0 fully saturated rings. The summed E-state index contributed by atoms with van der Waals surface area (Å²) in [6, 6.07) is 0. The number of aryl methyl sites for hydroxylation is 2. The zero-order valence-electron chi connectivity index (χ0n) is 13.0. The van der Waals surface area contributed by atoms with Crippen molar-refractivity contribution in [2.45, 2.75) is 72.8 Å². The van der Waals surface area contributed by atoms with E-state index >= 15 is 0 Å². The van der Waals surface area contributed by atoms with Crippen molar-refractivity contribution in [3.05, 3.63) is 23.5 Å². The fourth-order valence-electron chi connectivity index (χ4n) is 2.15. The second-order valence-corrected chi connectivity index (χ2v) is 6.01. The SMILES string of the molecule is CC(C)=CCCCCn1nncc1CCCC(C)C. The van der Waals surface area contributed by atoms with Gasteiger partial charge in [0.2, 0.25) is 0 Å². The number of aromatic nitrogens is 3. The lowest BCUT2D eigenvalue weighted by Gasteiger charge is -2.07. The number of nitrogens with zero attached hydrogens (tertiary/aromatic N) is 3. The Morgan fingerprint density at radius 1 is 1.26 bits per heavy atom. The number of rotatable bonds is 9. The van der Waals surface area contributed by atoms with Crippen molar-refractivity contribution < 1.29 is 0 Å². The molecule has 0 aliphatic heterocycles. The van der Waals surface area contributed by atoms with Crippen molar-refractivity contribution in [1.29, 1.82) is 0 Å². The van der Waals surface area contributed by atoms with Gasteiger partial charge in [0.1, 0.15) is 0 Å². The van der Waals surface area contributed by atoms with Crippen molar-refractivity contribution in [2.24, 2.45) is 5.92 Å². The Hall–Kier alpha value is -1.12. The van der Waals surface area contributed by atoms with Gasteiger partial charge in [0.25, 0.3) is 0 Å². The number of hydrogen-bond acceptors (Lipinski definition) is 2. The minimum Gasteiger partial charge on any atom is -0.249 e. The average Bonchev–Trinajstić information content (AvgIpc) is 2.75. The molecule has 0 amide bonds. The van der Waals surface area contributed by atoms with Gasteiger partial charge in [0.15, 0.2) is 0 Å². The van der Waals surface area contributed by atoms with E-state index < -0.39 is 0 Å². The molecule has 3 nitrogen and oxygen atoms in total. The van der Waals surface area contributed by atoms with E-state index in [0.717, 1.165) is 18.9 Å². The Morgan fingerprint density at radius 3 is 2.74 bits per heavy atom. The zero-order chi connectivity index (χ0) is 14.1. The molecule has 0 aromatic carbocycles. The second-order valence-electron chi connectivity index (χ2n) is 6.01. The van der Waals surface area contributed by atoms with Gasteiger partial charge in [-0.2, -0.15) is 0 Å². The summed E-state index contributed by atoms with van der Waals surface area (Å²) in [6.45, 7) is 9.87. The Morgan fingerprint density at radius 2 is 2.05 bits per heavy atom. The molecule has 0 spiro atoms. The van der Waals surface area contributed by atoms with Crippen LogP contribution < -0.4 is 0 Å². The van der Waals surface area contributed by atoms with E-state index in [4.69, 9.17) is 0 Å². The molecular weight excluding hydrogens is 234 g/mol. The molecule has 3 heteroatoms. The van der Waals surface area contributed by atoms with Gasteiger partial charge in [-0.1, -0.05) is 37.1 Å². The fraction of sp³-hybridized carbons (Fsp3) is 0.750. The molecule has 0 radical (unpaired) electrons. The standard InChI is InChI=1S/C16H29N3/c1-14(2)9-6-5-7-12-19-16(13-17-18-19)11-8-10-15(3)4/h9,13,15H,5-8,10-12H2,1-4H3. The lowest BCUT2D eigenvalue weighted by molar-refractivity contribution is 0.504. The fourth-order valence-corrected chi connectivity index (χ4v) is 2.15. The molecule has 1 aromatic rings. The quantitative estimate of drug-likeness (QED) is 0.488. The van der Waals surface area contributed by atoms with E-state index in [1.54, 1.807) is 0 Å². The van der Waals surface area contributed by atoms with Gasteiger partial charge in [-0.15, -0.1) is 5.10 Å². The minimum absolute atomic E-state index is 0.786. The van der Waals surface area contributed by atoms with Gasteiger partial charge in [-0.05, 0) is 51.9 Å². The maximum Gasteiger partial charge on any atom is 0.0725 e. The summed E-state index contributed by atoms with van der Waals surface area (Å²) in [6.07, 6.45) is 11.5. The molecular formula is C16H29N3. The Balaban J connectivity index is 2.26. The highest BCUT2D eigenvalue weighted by Crippen LogP contribution is 2.10. The van der Waals surface area contributed by atoms with E-state index in [-0.39, 0.29) is 0 Å². The first-order chi connectivity index (χ1) is 9.09. The van der Waals surface area contributed by atoms with Crippen molar-refractivity contribution in [3.8, 4) is 0 Å². The largest absolute Gasteiger partial charge is 0.249 e. The van der Waals surface area contributed by atoms with Crippen LogP contribution in [0.2, 0.25) is 0 Å². The first-order valence-electron chi connectivity index (χ1n) is 7.60. The summed E-state index contributed by atoms with van der Waals surface area (Å²) in [5, 5.41) is 8.25. The molecule has 0 aliphatic rings. The Labute approximate surface area is 118 Å². The molecule has 0 saturated carbocycles. The monoisotopic (exact) mass is 263 g/mol. The lowest BCUT2D eigenvalue weighted by atomic mass is 10.1. The first kappa shape index (κ1) is 15.9.